The van der Waals surface area contributed by atoms with E-state index >= 15 is 0 Å². The van der Waals surface area contributed by atoms with Crippen molar-refractivity contribution in [2.75, 3.05) is 18.5 Å². The highest BCUT2D eigenvalue weighted by Crippen LogP contribution is 2.31. The highest BCUT2D eigenvalue weighted by molar-refractivity contribution is 9.09. The number of carbonyl (C=O) groups excluding carboxylic acids is 3. The lowest BCUT2D eigenvalue weighted by molar-refractivity contribution is -0.173. The molecule has 0 saturated heterocycles. The number of aldehydes is 1. The first kappa shape index (κ1) is 17.1. The highest BCUT2D eigenvalue weighted by Gasteiger charge is 2.48. The fourth-order valence-electron chi connectivity index (χ4n) is 1.61. The van der Waals surface area contributed by atoms with Gasteiger partial charge in [0.15, 0.2) is 5.41 Å². The van der Waals surface area contributed by atoms with Crippen LogP contribution in [0.2, 0.25) is 0 Å². The summed E-state index contributed by atoms with van der Waals surface area (Å²) >= 11 is 3.24. The Morgan fingerprint density at radius 1 is 1.17 bits per heavy atom. The van der Waals surface area contributed by atoms with Gasteiger partial charge in [-0.1, -0.05) is 15.9 Å². The van der Waals surface area contributed by atoms with Gasteiger partial charge in [-0.05, 0) is 26.7 Å². The lowest BCUT2D eigenvalue weighted by Gasteiger charge is -2.27. The molecule has 0 atom stereocenters. The predicted octanol–water partition coefficient (Wildman–Crippen LogP) is 1.86. The maximum Gasteiger partial charge on any atom is 0.323 e. The molecule has 0 aromatic heterocycles. The number of carbonyl (C=O) groups is 3. The fraction of sp³-hybridized carbons (Fsp3) is 0.750. The smallest absolute Gasteiger partial charge is 0.323 e. The largest absolute Gasteiger partial charge is 0.465 e. The number of hydrogen-bond acceptors (Lipinski definition) is 5. The summed E-state index contributed by atoms with van der Waals surface area (Å²) in [4.78, 5) is 34.7. The number of alkyl halides is 1. The lowest BCUT2D eigenvalue weighted by Crippen LogP contribution is -2.42. The summed E-state index contributed by atoms with van der Waals surface area (Å²) in [6, 6.07) is 0. The van der Waals surface area contributed by atoms with Crippen LogP contribution in [0.25, 0.3) is 0 Å². The highest BCUT2D eigenvalue weighted by atomic mass is 79.9. The molecule has 0 saturated carbocycles. The molecule has 0 fully saturated rings. The molecular weight excluding hydrogens is 304 g/mol. The van der Waals surface area contributed by atoms with E-state index in [0.717, 1.165) is 0 Å². The van der Waals surface area contributed by atoms with E-state index in [-0.39, 0.29) is 26.1 Å². The van der Waals surface area contributed by atoms with Crippen LogP contribution in [0, 0.1) is 5.41 Å². The van der Waals surface area contributed by atoms with Crippen LogP contribution < -0.4 is 0 Å². The number of esters is 2. The van der Waals surface area contributed by atoms with Crippen molar-refractivity contribution in [2.24, 2.45) is 5.41 Å². The molecule has 0 N–H and O–H groups in total. The van der Waals surface area contributed by atoms with Gasteiger partial charge >= 0.3 is 11.9 Å². The van der Waals surface area contributed by atoms with Crippen LogP contribution >= 0.6 is 15.9 Å². The van der Waals surface area contributed by atoms with Crippen LogP contribution in [0.15, 0.2) is 0 Å². The van der Waals surface area contributed by atoms with Crippen molar-refractivity contribution < 1.29 is 23.9 Å². The summed E-state index contributed by atoms with van der Waals surface area (Å²) in [5.74, 6) is -1.37. The van der Waals surface area contributed by atoms with E-state index in [4.69, 9.17) is 9.47 Å². The summed E-state index contributed by atoms with van der Waals surface area (Å²) in [6.45, 7) is 3.62. The first-order valence-corrected chi connectivity index (χ1v) is 7.05. The molecule has 0 aliphatic carbocycles. The van der Waals surface area contributed by atoms with Gasteiger partial charge in [-0.15, -0.1) is 0 Å². The second kappa shape index (κ2) is 9.08. The lowest BCUT2D eigenvalue weighted by atomic mass is 9.80. The van der Waals surface area contributed by atoms with Crippen LogP contribution in [0.5, 0.6) is 0 Å². The van der Waals surface area contributed by atoms with Crippen LogP contribution in [0.3, 0.4) is 0 Å². The molecule has 0 unspecified atom stereocenters. The van der Waals surface area contributed by atoms with Gasteiger partial charge in [0.1, 0.15) is 6.29 Å². The summed E-state index contributed by atoms with van der Waals surface area (Å²) in [5.41, 5.74) is -1.50. The molecule has 0 aliphatic heterocycles. The second-order valence-corrected chi connectivity index (χ2v) is 4.48. The molecule has 0 radical (unpaired) electrons. The van der Waals surface area contributed by atoms with Crippen molar-refractivity contribution in [3.63, 3.8) is 0 Å². The minimum atomic E-state index is -1.50. The third kappa shape index (κ3) is 4.40. The van der Waals surface area contributed by atoms with Crippen LogP contribution in [-0.2, 0) is 23.9 Å². The zero-order chi connectivity index (χ0) is 14.0. The van der Waals surface area contributed by atoms with E-state index < -0.39 is 17.4 Å². The molecule has 0 bridgehead atoms. The van der Waals surface area contributed by atoms with E-state index in [1.54, 1.807) is 13.8 Å². The van der Waals surface area contributed by atoms with E-state index in [0.29, 0.717) is 18.0 Å². The third-order valence-electron chi connectivity index (χ3n) is 2.50. The Balaban J connectivity index is 5.18. The van der Waals surface area contributed by atoms with Crippen molar-refractivity contribution in [3.8, 4) is 0 Å². The summed E-state index contributed by atoms with van der Waals surface area (Å²) in [7, 11) is 0. The Hall–Kier alpha value is -0.910. The number of hydrogen-bond donors (Lipinski definition) is 0. The van der Waals surface area contributed by atoms with Crippen molar-refractivity contribution in [2.45, 2.75) is 33.1 Å². The standard InChI is InChI=1S/C12H19BrO5/c1-3-17-10(15)12(7-9-14,6-5-8-13)11(16)18-4-2/h9H,3-8H2,1-2H3. The third-order valence-corrected chi connectivity index (χ3v) is 3.06. The quantitative estimate of drug-likeness (QED) is 0.280. The van der Waals surface area contributed by atoms with E-state index in [1.807, 2.05) is 0 Å². The van der Waals surface area contributed by atoms with Gasteiger partial charge in [-0.2, -0.15) is 0 Å². The van der Waals surface area contributed by atoms with Gasteiger partial charge in [-0.25, -0.2) is 0 Å². The van der Waals surface area contributed by atoms with Crippen molar-refractivity contribution in [3.05, 3.63) is 0 Å². The monoisotopic (exact) mass is 322 g/mol. The van der Waals surface area contributed by atoms with Gasteiger partial charge in [0.2, 0.25) is 0 Å². The molecule has 6 heteroatoms. The number of rotatable bonds is 9. The van der Waals surface area contributed by atoms with Gasteiger partial charge in [0.25, 0.3) is 0 Å². The Bertz CT molecular complexity index is 272. The molecule has 0 spiro atoms. The molecule has 0 rings (SSSR count). The molecule has 0 aromatic carbocycles. The summed E-state index contributed by atoms with van der Waals surface area (Å²) < 4.78 is 9.82. The second-order valence-electron chi connectivity index (χ2n) is 3.69. The maximum absolute atomic E-state index is 12.0. The molecule has 5 nitrogen and oxygen atoms in total. The normalized spacial score (nSPS) is 10.8. The number of ether oxygens (including phenoxy) is 2. The van der Waals surface area contributed by atoms with Gasteiger partial charge in [0, 0.05) is 11.8 Å². The first-order valence-electron chi connectivity index (χ1n) is 5.93. The van der Waals surface area contributed by atoms with Gasteiger partial charge in [-0.3, -0.25) is 9.59 Å². The van der Waals surface area contributed by atoms with Crippen molar-refractivity contribution in [1.29, 1.82) is 0 Å². The van der Waals surface area contributed by atoms with Crippen LogP contribution in [-0.4, -0.2) is 36.8 Å². The average molecular weight is 323 g/mol. The minimum absolute atomic E-state index is 0.160. The van der Waals surface area contributed by atoms with E-state index in [2.05, 4.69) is 15.9 Å². The fourth-order valence-corrected chi connectivity index (χ4v) is 1.89. The average Bonchev–Trinajstić information content (AvgIpc) is 2.35. The predicted molar refractivity (Wildman–Crippen MR) is 69.4 cm³/mol. The SMILES string of the molecule is CCOC(=O)C(CC=O)(CCCBr)C(=O)OCC. The Kier molecular flexibility index (Phi) is 8.62. The zero-order valence-electron chi connectivity index (χ0n) is 10.7. The van der Waals surface area contributed by atoms with Gasteiger partial charge in [0.05, 0.1) is 13.2 Å². The van der Waals surface area contributed by atoms with Gasteiger partial charge < -0.3 is 14.3 Å². The molecular formula is C12H19BrO5. The Labute approximate surface area is 115 Å². The van der Waals surface area contributed by atoms with E-state index in [1.165, 1.54) is 0 Å². The molecule has 0 aromatic rings. The van der Waals surface area contributed by atoms with E-state index in [9.17, 15) is 14.4 Å². The first-order chi connectivity index (χ1) is 8.58. The molecule has 0 amide bonds. The summed E-state index contributed by atoms with van der Waals surface area (Å²) in [5, 5.41) is 0.631. The molecule has 0 aliphatic rings. The van der Waals surface area contributed by atoms with Crippen molar-refractivity contribution in [1.82, 2.24) is 0 Å². The topological polar surface area (TPSA) is 69.7 Å². The zero-order valence-corrected chi connectivity index (χ0v) is 12.3. The maximum atomic E-state index is 12.0. The van der Waals surface area contributed by atoms with Crippen LogP contribution in [0.4, 0.5) is 0 Å². The Morgan fingerprint density at radius 2 is 1.67 bits per heavy atom. The molecule has 18 heavy (non-hydrogen) atoms. The molecule has 104 valence electrons. The van der Waals surface area contributed by atoms with Crippen LogP contribution in [0.1, 0.15) is 33.1 Å². The molecule has 0 heterocycles. The number of halogens is 1. The summed E-state index contributed by atoms with van der Waals surface area (Å²) in [6.07, 6.45) is 1.15. The van der Waals surface area contributed by atoms with Crippen molar-refractivity contribution >= 4 is 34.2 Å². The Morgan fingerprint density at radius 3 is 2.00 bits per heavy atom. The minimum Gasteiger partial charge on any atom is -0.465 e.